The second-order valence-corrected chi connectivity index (χ2v) is 4.97. The van der Waals surface area contributed by atoms with Gasteiger partial charge in [-0.3, -0.25) is 0 Å². The van der Waals surface area contributed by atoms with E-state index in [-0.39, 0.29) is 0 Å². The lowest BCUT2D eigenvalue weighted by Gasteiger charge is -2.26. The van der Waals surface area contributed by atoms with E-state index in [0.717, 1.165) is 12.8 Å². The van der Waals surface area contributed by atoms with E-state index in [4.69, 9.17) is 21.1 Å². The Morgan fingerprint density at radius 1 is 0.765 bits per heavy atom. The van der Waals surface area contributed by atoms with Crippen LogP contribution in [0.1, 0.15) is 72.1 Å². The first kappa shape index (κ1) is 17.2. The molecule has 3 heteroatoms. The topological polar surface area (TPSA) is 18.5 Å². The van der Waals surface area contributed by atoms with E-state index in [1.54, 1.807) is 0 Å². The molecular weight excluding hydrogens is 236 g/mol. The van der Waals surface area contributed by atoms with Crippen molar-refractivity contribution in [3.8, 4) is 0 Å². The third kappa shape index (κ3) is 9.87. The van der Waals surface area contributed by atoms with E-state index in [1.807, 2.05) is 13.8 Å². The van der Waals surface area contributed by atoms with Crippen LogP contribution in [0.2, 0.25) is 0 Å². The molecule has 0 N–H and O–H groups in total. The molecule has 0 fully saturated rings. The zero-order valence-electron chi connectivity index (χ0n) is 11.8. The van der Waals surface area contributed by atoms with E-state index in [2.05, 4.69) is 6.92 Å². The Bertz CT molecular complexity index is 156. The highest BCUT2D eigenvalue weighted by Gasteiger charge is 2.27. The lowest BCUT2D eigenvalue weighted by molar-refractivity contribution is -0.176. The van der Waals surface area contributed by atoms with Gasteiger partial charge < -0.3 is 9.47 Å². The Hall–Kier alpha value is 0.210. The fraction of sp³-hybridized carbons (Fsp3) is 1.00. The van der Waals surface area contributed by atoms with Crippen LogP contribution in [0.4, 0.5) is 0 Å². The molecule has 0 aliphatic carbocycles. The first-order chi connectivity index (χ1) is 8.18. The van der Waals surface area contributed by atoms with E-state index in [0.29, 0.717) is 13.2 Å². The van der Waals surface area contributed by atoms with Crippen LogP contribution in [0.25, 0.3) is 0 Å². The minimum Gasteiger partial charge on any atom is -0.338 e. The van der Waals surface area contributed by atoms with Gasteiger partial charge in [0.05, 0.1) is 0 Å². The Morgan fingerprint density at radius 3 is 1.71 bits per heavy atom. The molecule has 17 heavy (non-hydrogen) atoms. The fourth-order valence-corrected chi connectivity index (χ4v) is 2.26. The molecule has 0 aromatic rings. The number of hydrogen-bond donors (Lipinski definition) is 0. The lowest BCUT2D eigenvalue weighted by atomic mass is 10.1. The molecule has 0 atom stereocenters. The summed E-state index contributed by atoms with van der Waals surface area (Å²) in [6.07, 6.45) is 9.74. The summed E-state index contributed by atoms with van der Waals surface area (Å²) in [5, 5.41) is -0.882. The molecule has 0 unspecified atom stereocenters. The molecule has 0 spiro atoms. The van der Waals surface area contributed by atoms with Crippen LogP contribution in [0.3, 0.4) is 0 Å². The number of alkyl halides is 1. The molecule has 0 bridgehead atoms. The second-order valence-electron chi connectivity index (χ2n) is 4.40. The van der Waals surface area contributed by atoms with Gasteiger partial charge in [-0.25, -0.2) is 0 Å². The van der Waals surface area contributed by atoms with Crippen molar-refractivity contribution in [2.45, 2.75) is 77.4 Å². The van der Waals surface area contributed by atoms with E-state index < -0.39 is 5.25 Å². The summed E-state index contributed by atoms with van der Waals surface area (Å²) in [6.45, 7) is 7.33. The summed E-state index contributed by atoms with van der Waals surface area (Å²) in [6, 6.07) is 0. The van der Waals surface area contributed by atoms with Crippen LogP contribution in [0.15, 0.2) is 0 Å². The largest absolute Gasteiger partial charge is 0.338 e. The highest BCUT2D eigenvalue weighted by Crippen LogP contribution is 2.26. The van der Waals surface area contributed by atoms with Gasteiger partial charge in [0.15, 0.2) is 0 Å². The van der Waals surface area contributed by atoms with Crippen molar-refractivity contribution >= 4 is 11.6 Å². The Balaban J connectivity index is 3.54. The first-order valence-corrected chi connectivity index (χ1v) is 7.53. The third-order valence-corrected chi connectivity index (χ3v) is 3.21. The van der Waals surface area contributed by atoms with Crippen molar-refractivity contribution in [3.63, 3.8) is 0 Å². The third-order valence-electron chi connectivity index (χ3n) is 2.80. The number of hydrogen-bond acceptors (Lipinski definition) is 2. The van der Waals surface area contributed by atoms with Crippen LogP contribution in [-0.4, -0.2) is 18.5 Å². The van der Waals surface area contributed by atoms with Crippen LogP contribution >= 0.6 is 11.6 Å². The molecule has 0 aliphatic heterocycles. The highest BCUT2D eigenvalue weighted by atomic mass is 35.5. The van der Waals surface area contributed by atoms with Gasteiger partial charge >= 0.3 is 0 Å². The van der Waals surface area contributed by atoms with Crippen molar-refractivity contribution in [2.24, 2.45) is 0 Å². The van der Waals surface area contributed by atoms with Crippen molar-refractivity contribution in [1.82, 2.24) is 0 Å². The predicted octanol–water partition coefficient (Wildman–Crippen LogP) is 5.09. The molecule has 0 radical (unpaired) electrons. The molecule has 0 saturated carbocycles. The summed E-state index contributed by atoms with van der Waals surface area (Å²) in [5.74, 6) is 0. The van der Waals surface area contributed by atoms with Gasteiger partial charge in [0, 0.05) is 19.6 Å². The molecule has 2 nitrogen and oxygen atoms in total. The molecule has 104 valence electrons. The van der Waals surface area contributed by atoms with Crippen LogP contribution < -0.4 is 0 Å². The Labute approximate surface area is 112 Å². The van der Waals surface area contributed by atoms with Gasteiger partial charge in [-0.1, -0.05) is 57.0 Å². The van der Waals surface area contributed by atoms with E-state index >= 15 is 0 Å². The standard InChI is InChI=1S/C14H29ClO2/c1-4-7-8-9-10-11-12-13-14(15,16-5-2)17-6-3/h4-13H2,1-3H3. The van der Waals surface area contributed by atoms with Gasteiger partial charge in [-0.2, -0.15) is 0 Å². The van der Waals surface area contributed by atoms with Gasteiger partial charge in [-0.05, 0) is 20.3 Å². The van der Waals surface area contributed by atoms with Crippen LogP contribution in [-0.2, 0) is 9.47 Å². The first-order valence-electron chi connectivity index (χ1n) is 7.15. The zero-order valence-corrected chi connectivity index (χ0v) is 12.5. The Kier molecular flexibility index (Phi) is 11.4. The molecule has 0 aromatic heterocycles. The molecule has 0 aromatic carbocycles. The summed E-state index contributed by atoms with van der Waals surface area (Å²) < 4.78 is 10.9. The van der Waals surface area contributed by atoms with Gasteiger partial charge in [0.2, 0.25) is 5.25 Å². The SMILES string of the molecule is CCCCCCCCCC(Cl)(OCC)OCC. The molecule has 0 heterocycles. The van der Waals surface area contributed by atoms with Crippen molar-refractivity contribution in [2.75, 3.05) is 13.2 Å². The number of ether oxygens (including phenoxy) is 2. The molecule has 0 amide bonds. The molecule has 0 saturated heterocycles. The van der Waals surface area contributed by atoms with Crippen molar-refractivity contribution in [3.05, 3.63) is 0 Å². The molecule has 0 aliphatic rings. The predicted molar refractivity (Wildman–Crippen MR) is 74.4 cm³/mol. The number of unbranched alkanes of at least 4 members (excludes halogenated alkanes) is 6. The summed E-state index contributed by atoms with van der Waals surface area (Å²) >= 11 is 6.26. The number of halogens is 1. The molecular formula is C14H29ClO2. The maximum absolute atomic E-state index is 6.26. The zero-order chi connectivity index (χ0) is 13.0. The maximum atomic E-state index is 6.26. The second kappa shape index (κ2) is 11.3. The number of rotatable bonds is 12. The average Bonchev–Trinajstić information content (AvgIpc) is 2.28. The normalized spacial score (nSPS) is 12.0. The van der Waals surface area contributed by atoms with Gasteiger partial charge in [0.1, 0.15) is 0 Å². The van der Waals surface area contributed by atoms with Crippen LogP contribution in [0.5, 0.6) is 0 Å². The van der Waals surface area contributed by atoms with Gasteiger partial charge in [-0.15, -0.1) is 0 Å². The fourth-order valence-electron chi connectivity index (χ4n) is 1.91. The minimum atomic E-state index is -0.882. The summed E-state index contributed by atoms with van der Waals surface area (Å²) in [4.78, 5) is 0. The quantitative estimate of drug-likeness (QED) is 0.278. The summed E-state index contributed by atoms with van der Waals surface area (Å²) in [5.41, 5.74) is 0. The van der Waals surface area contributed by atoms with E-state index in [1.165, 1.54) is 38.5 Å². The minimum absolute atomic E-state index is 0.597. The van der Waals surface area contributed by atoms with Gasteiger partial charge in [0.25, 0.3) is 0 Å². The highest BCUT2D eigenvalue weighted by molar-refractivity contribution is 6.21. The van der Waals surface area contributed by atoms with Crippen molar-refractivity contribution < 1.29 is 9.47 Å². The van der Waals surface area contributed by atoms with Crippen LogP contribution in [0, 0.1) is 0 Å². The average molecular weight is 265 g/mol. The molecule has 0 rings (SSSR count). The van der Waals surface area contributed by atoms with Crippen molar-refractivity contribution in [1.29, 1.82) is 0 Å². The Morgan fingerprint density at radius 2 is 1.24 bits per heavy atom. The maximum Gasteiger partial charge on any atom is 0.248 e. The van der Waals surface area contributed by atoms with E-state index in [9.17, 15) is 0 Å². The monoisotopic (exact) mass is 264 g/mol. The summed E-state index contributed by atoms with van der Waals surface area (Å²) in [7, 11) is 0. The lowest BCUT2D eigenvalue weighted by Crippen LogP contribution is -2.29. The smallest absolute Gasteiger partial charge is 0.248 e.